The molecule has 53 heavy (non-hydrogen) atoms. The van der Waals surface area contributed by atoms with Crippen molar-refractivity contribution in [1.29, 1.82) is 0 Å². The van der Waals surface area contributed by atoms with Gasteiger partial charge in [0.1, 0.15) is 6.10 Å². The average molecular weight is 734 g/mol. The molecule has 0 aliphatic heterocycles. The monoisotopic (exact) mass is 734 g/mol. The highest BCUT2D eigenvalue weighted by molar-refractivity contribution is 5.76. The molecule has 3 unspecified atom stereocenters. The Morgan fingerprint density at radius 1 is 0.943 bits per heavy atom. The number of hydrogen-bond acceptors (Lipinski definition) is 4. The molecule has 10 atom stereocenters. The van der Waals surface area contributed by atoms with E-state index in [0.29, 0.717) is 49.0 Å². The SMILES string of the molecule is C=C(CC(C)(C)CC(=O)O)O[C@H]1CC[C@@]2(C)C(CC[C@]3(C)C2CC[C@@H]2C4[C@H](C(=C)C)CC[C@]4(CC(=O)NCc4cn(C)cn4)CC[C@]23C)C1(C)C.CC. The number of amides is 1. The van der Waals surface area contributed by atoms with E-state index in [9.17, 15) is 14.7 Å². The van der Waals surface area contributed by atoms with Crippen LogP contribution < -0.4 is 5.32 Å². The second kappa shape index (κ2) is 14.8. The molecule has 1 amide bonds. The fraction of sp³-hybridized carbons (Fsp3) is 0.804. The first-order valence-corrected chi connectivity index (χ1v) is 21.1. The van der Waals surface area contributed by atoms with Gasteiger partial charge in [0.15, 0.2) is 0 Å². The predicted molar refractivity (Wildman–Crippen MR) is 215 cm³/mol. The van der Waals surface area contributed by atoms with Gasteiger partial charge in [0, 0.05) is 31.5 Å². The summed E-state index contributed by atoms with van der Waals surface area (Å²) in [4.78, 5) is 29.6. The van der Waals surface area contributed by atoms with Crippen LogP contribution in [0.3, 0.4) is 0 Å². The number of nitrogens with one attached hydrogen (secondary N) is 1. The molecule has 0 bridgehead atoms. The summed E-state index contributed by atoms with van der Waals surface area (Å²) in [7, 11) is 1.97. The molecule has 0 radical (unpaired) electrons. The molecular formula is C46H75N3O4. The lowest BCUT2D eigenvalue weighted by atomic mass is 9.32. The Balaban J connectivity index is 0.00000266. The van der Waals surface area contributed by atoms with Crippen molar-refractivity contribution in [3.05, 3.63) is 42.7 Å². The smallest absolute Gasteiger partial charge is 0.303 e. The number of imidazole rings is 1. The zero-order chi connectivity index (χ0) is 39.4. The van der Waals surface area contributed by atoms with E-state index >= 15 is 0 Å². The number of aryl methyl sites for hydroxylation is 1. The minimum Gasteiger partial charge on any atom is -0.495 e. The van der Waals surface area contributed by atoms with Crippen molar-refractivity contribution in [2.45, 2.75) is 165 Å². The van der Waals surface area contributed by atoms with Gasteiger partial charge in [-0.3, -0.25) is 9.59 Å². The number of carboxylic acids is 1. The van der Waals surface area contributed by atoms with Crippen LogP contribution in [0.15, 0.2) is 37.0 Å². The van der Waals surface area contributed by atoms with Crippen molar-refractivity contribution < 1.29 is 19.4 Å². The largest absolute Gasteiger partial charge is 0.495 e. The lowest BCUT2D eigenvalue weighted by Crippen LogP contribution is -2.66. The zero-order valence-corrected chi connectivity index (χ0v) is 35.5. The summed E-state index contributed by atoms with van der Waals surface area (Å²) in [6.45, 7) is 32.5. The summed E-state index contributed by atoms with van der Waals surface area (Å²) < 4.78 is 8.65. The molecule has 5 aliphatic carbocycles. The predicted octanol–water partition coefficient (Wildman–Crippen LogP) is 10.9. The van der Waals surface area contributed by atoms with Gasteiger partial charge in [0.25, 0.3) is 0 Å². The summed E-state index contributed by atoms with van der Waals surface area (Å²) in [5, 5.41) is 12.7. The highest BCUT2D eigenvalue weighted by atomic mass is 16.5. The molecule has 6 rings (SSSR count). The van der Waals surface area contributed by atoms with E-state index in [0.717, 1.165) is 43.6 Å². The number of allylic oxidation sites excluding steroid dienone is 2. The molecule has 1 aromatic rings. The van der Waals surface area contributed by atoms with Crippen LogP contribution in [0.4, 0.5) is 0 Å². The first kappa shape index (κ1) is 41.6. The summed E-state index contributed by atoms with van der Waals surface area (Å²) in [6, 6.07) is 0. The van der Waals surface area contributed by atoms with E-state index in [-0.39, 0.29) is 50.9 Å². The number of nitrogens with zero attached hydrogens (tertiary/aromatic N) is 2. The molecule has 7 nitrogen and oxygen atoms in total. The molecule has 5 fully saturated rings. The molecule has 5 aliphatic rings. The Labute approximate surface area is 322 Å². The van der Waals surface area contributed by atoms with Crippen LogP contribution >= 0.6 is 0 Å². The van der Waals surface area contributed by atoms with E-state index in [4.69, 9.17) is 4.74 Å². The van der Waals surface area contributed by atoms with Crippen LogP contribution in [0, 0.1) is 62.1 Å². The van der Waals surface area contributed by atoms with E-state index in [1.165, 1.54) is 37.7 Å². The maximum absolute atomic E-state index is 13.7. The molecule has 1 heterocycles. The number of rotatable bonds is 11. The zero-order valence-electron chi connectivity index (χ0n) is 35.5. The van der Waals surface area contributed by atoms with Gasteiger partial charge in [-0.25, -0.2) is 4.98 Å². The van der Waals surface area contributed by atoms with Crippen LogP contribution in [0.25, 0.3) is 0 Å². The number of aromatic nitrogens is 2. The second-order valence-corrected chi connectivity index (χ2v) is 20.4. The molecule has 7 heteroatoms. The quantitative estimate of drug-likeness (QED) is 0.174. The normalized spacial score (nSPS) is 38.5. The van der Waals surface area contributed by atoms with Gasteiger partial charge in [-0.1, -0.05) is 81.0 Å². The Bertz CT molecular complexity index is 1540. The van der Waals surface area contributed by atoms with Crippen LogP contribution in [0.5, 0.6) is 0 Å². The van der Waals surface area contributed by atoms with Gasteiger partial charge in [-0.15, -0.1) is 0 Å². The van der Waals surface area contributed by atoms with Crippen LogP contribution in [-0.4, -0.2) is 32.6 Å². The Morgan fingerprint density at radius 3 is 2.26 bits per heavy atom. The van der Waals surface area contributed by atoms with E-state index in [1.54, 1.807) is 6.33 Å². The van der Waals surface area contributed by atoms with Crippen molar-refractivity contribution in [2.24, 2.45) is 69.1 Å². The fourth-order valence-corrected chi connectivity index (χ4v) is 14.2. The van der Waals surface area contributed by atoms with Gasteiger partial charge >= 0.3 is 5.97 Å². The molecular weight excluding hydrogens is 659 g/mol. The number of carbonyl (C=O) groups is 2. The van der Waals surface area contributed by atoms with E-state index in [2.05, 4.69) is 65.0 Å². The maximum atomic E-state index is 13.7. The number of ether oxygens (including phenoxy) is 1. The Hall–Kier alpha value is -2.57. The molecule has 0 saturated heterocycles. The number of aliphatic carboxylic acids is 1. The van der Waals surface area contributed by atoms with Crippen molar-refractivity contribution in [3.8, 4) is 0 Å². The average Bonchev–Trinajstić information content (AvgIpc) is 3.65. The molecule has 0 aromatic carbocycles. The third-order valence-corrected chi connectivity index (χ3v) is 16.5. The third kappa shape index (κ3) is 7.30. The number of hydrogen-bond donors (Lipinski definition) is 2. The molecule has 0 spiro atoms. The van der Waals surface area contributed by atoms with Crippen LogP contribution in [0.1, 0.15) is 158 Å². The van der Waals surface area contributed by atoms with Gasteiger partial charge < -0.3 is 19.7 Å². The number of fused-ring (bicyclic) bond motifs is 7. The minimum absolute atomic E-state index is 0.00713. The Morgan fingerprint density at radius 2 is 1.64 bits per heavy atom. The van der Waals surface area contributed by atoms with E-state index in [1.807, 2.05) is 45.5 Å². The minimum atomic E-state index is -0.774. The fourth-order valence-electron chi connectivity index (χ4n) is 14.2. The topological polar surface area (TPSA) is 93.5 Å². The highest BCUT2D eigenvalue weighted by Gasteiger charge is 2.71. The van der Waals surface area contributed by atoms with Crippen molar-refractivity contribution in [1.82, 2.24) is 14.9 Å². The molecule has 1 aromatic heterocycles. The summed E-state index contributed by atoms with van der Waals surface area (Å²) >= 11 is 0. The second-order valence-electron chi connectivity index (χ2n) is 20.4. The van der Waals surface area contributed by atoms with Gasteiger partial charge in [-0.2, -0.15) is 0 Å². The summed E-state index contributed by atoms with van der Waals surface area (Å²) in [5.41, 5.74) is 2.57. The van der Waals surface area contributed by atoms with Gasteiger partial charge in [0.2, 0.25) is 5.91 Å². The van der Waals surface area contributed by atoms with Crippen LogP contribution in [0.2, 0.25) is 0 Å². The number of carboxylic acid groups (broad SMARTS) is 1. The molecule has 2 N–H and O–H groups in total. The van der Waals surface area contributed by atoms with E-state index < -0.39 is 5.97 Å². The first-order chi connectivity index (χ1) is 24.7. The van der Waals surface area contributed by atoms with Crippen molar-refractivity contribution >= 4 is 11.9 Å². The lowest BCUT2D eigenvalue weighted by Gasteiger charge is -2.73. The van der Waals surface area contributed by atoms with Crippen LogP contribution in [-0.2, 0) is 27.9 Å². The summed E-state index contributed by atoms with van der Waals surface area (Å²) in [6.07, 6.45) is 17.0. The Kier molecular flexibility index (Phi) is 11.6. The summed E-state index contributed by atoms with van der Waals surface area (Å²) in [5.74, 6) is 2.95. The number of carbonyl (C=O) groups excluding carboxylic acids is 1. The standard InChI is InChI=1S/C44H69N3O4.C2H6/c1-28(2)31-14-19-44(23-36(48)45-25-30-26-47(11)27-46-30)21-20-42(9)32(38(31)44)12-13-34-41(8)17-16-35(40(6,7)33(41)15-18-43(34,42)10)51-29(3)22-39(4,5)24-37(49)50;1-2/h26-27,31-35,38H,1,3,12-25H2,2,4-11H3,(H,45,48)(H,49,50);1-2H3/t31-,32+,33?,34?,35-,38?,41-,42+,43+,44+;/m0./s1. The molecule has 298 valence electrons. The van der Waals surface area contributed by atoms with Gasteiger partial charge in [-0.05, 0) is 128 Å². The molecule has 5 saturated carbocycles. The highest BCUT2D eigenvalue weighted by Crippen LogP contribution is 2.78. The lowest BCUT2D eigenvalue weighted by molar-refractivity contribution is -0.249. The first-order valence-electron chi connectivity index (χ1n) is 21.1. The van der Waals surface area contributed by atoms with Crippen molar-refractivity contribution in [3.63, 3.8) is 0 Å². The maximum Gasteiger partial charge on any atom is 0.303 e. The third-order valence-electron chi connectivity index (χ3n) is 16.5. The van der Waals surface area contributed by atoms with Gasteiger partial charge in [0.05, 0.1) is 30.7 Å². The van der Waals surface area contributed by atoms with Crippen molar-refractivity contribution in [2.75, 3.05) is 0 Å².